The third-order valence-electron chi connectivity index (χ3n) is 3.12. The van der Waals surface area contributed by atoms with Crippen molar-refractivity contribution in [1.29, 1.82) is 0 Å². The first-order valence-electron chi connectivity index (χ1n) is 6.42. The van der Waals surface area contributed by atoms with Gasteiger partial charge in [0, 0.05) is 4.47 Å². The number of thiazole rings is 1. The Kier molecular flexibility index (Phi) is 3.16. The van der Waals surface area contributed by atoms with E-state index in [-0.39, 0.29) is 5.56 Å². The van der Waals surface area contributed by atoms with Gasteiger partial charge in [0.05, 0.1) is 10.8 Å². The van der Waals surface area contributed by atoms with Gasteiger partial charge in [0.25, 0.3) is 5.56 Å². The number of fused-ring (bicyclic) bond motifs is 1. The number of hydrogen-bond donors (Lipinski definition) is 0. The van der Waals surface area contributed by atoms with E-state index in [0.29, 0.717) is 21.1 Å². The summed E-state index contributed by atoms with van der Waals surface area (Å²) in [6.07, 6.45) is 3.38. The van der Waals surface area contributed by atoms with E-state index in [1.807, 2.05) is 30.3 Å². The molecule has 0 fully saturated rings. The Labute approximate surface area is 136 Å². The first-order valence-corrected chi connectivity index (χ1v) is 8.03. The maximum Gasteiger partial charge on any atom is 0.291 e. The average molecular weight is 374 g/mol. The molecular weight excluding hydrogens is 366 g/mol. The van der Waals surface area contributed by atoms with Gasteiger partial charge in [-0.15, -0.1) is 5.10 Å². The summed E-state index contributed by atoms with van der Waals surface area (Å²) >= 11 is 4.78. The molecule has 108 valence electrons. The average Bonchev–Trinajstić information content (AvgIpc) is 3.20. The Balaban J connectivity index is 1.88. The van der Waals surface area contributed by atoms with Gasteiger partial charge in [0.2, 0.25) is 10.8 Å². The predicted octanol–water partition coefficient (Wildman–Crippen LogP) is 2.72. The first kappa shape index (κ1) is 13.4. The van der Waals surface area contributed by atoms with Crippen LogP contribution in [0.4, 0.5) is 0 Å². The number of aromatic nitrogens is 3. The van der Waals surface area contributed by atoms with Crippen molar-refractivity contribution in [1.82, 2.24) is 14.6 Å². The van der Waals surface area contributed by atoms with E-state index >= 15 is 0 Å². The van der Waals surface area contributed by atoms with Crippen LogP contribution in [0.15, 0.2) is 56.3 Å². The lowest BCUT2D eigenvalue weighted by Crippen LogP contribution is -2.23. The number of furan rings is 1. The highest BCUT2D eigenvalue weighted by atomic mass is 79.9. The van der Waals surface area contributed by atoms with Crippen LogP contribution < -0.4 is 10.1 Å². The molecule has 0 saturated carbocycles. The van der Waals surface area contributed by atoms with Gasteiger partial charge in [0.15, 0.2) is 5.76 Å². The fourth-order valence-electron chi connectivity index (χ4n) is 2.08. The second-order valence-corrected chi connectivity index (χ2v) is 6.41. The molecule has 5 nitrogen and oxygen atoms in total. The summed E-state index contributed by atoms with van der Waals surface area (Å²) in [6, 6.07) is 11.2. The molecule has 3 heterocycles. The van der Waals surface area contributed by atoms with Gasteiger partial charge in [0.1, 0.15) is 0 Å². The van der Waals surface area contributed by atoms with Crippen molar-refractivity contribution in [2.45, 2.75) is 0 Å². The molecule has 0 unspecified atom stereocenters. The third kappa shape index (κ3) is 2.18. The molecule has 1 aromatic carbocycles. The first-order chi connectivity index (χ1) is 10.7. The predicted molar refractivity (Wildman–Crippen MR) is 87.8 cm³/mol. The van der Waals surface area contributed by atoms with Gasteiger partial charge in [-0.05, 0) is 29.8 Å². The molecule has 7 heteroatoms. The van der Waals surface area contributed by atoms with E-state index in [0.717, 1.165) is 10.0 Å². The van der Waals surface area contributed by atoms with Crippen molar-refractivity contribution < 1.29 is 4.42 Å². The highest BCUT2D eigenvalue weighted by Crippen LogP contribution is 2.18. The SMILES string of the molecule is O=c1c(=Cc2ccccc2Br)sc2nc(-c3ccco3)nn12. The molecule has 0 radical (unpaired) electrons. The van der Waals surface area contributed by atoms with Gasteiger partial charge in [-0.25, -0.2) is 0 Å². The van der Waals surface area contributed by atoms with Crippen molar-refractivity contribution in [2.24, 2.45) is 0 Å². The standard InChI is InChI=1S/C15H8BrN3O2S/c16-10-5-2-1-4-9(10)8-12-14(20)19-15(22-12)17-13(18-19)11-6-3-7-21-11/h1-8H. The number of hydrogen-bond acceptors (Lipinski definition) is 5. The molecule has 0 N–H and O–H groups in total. The monoisotopic (exact) mass is 373 g/mol. The molecule has 0 spiro atoms. The van der Waals surface area contributed by atoms with Gasteiger partial charge >= 0.3 is 0 Å². The van der Waals surface area contributed by atoms with Crippen LogP contribution >= 0.6 is 27.3 Å². The zero-order valence-electron chi connectivity index (χ0n) is 11.1. The second kappa shape index (κ2) is 5.19. The van der Waals surface area contributed by atoms with Gasteiger partial charge in [-0.2, -0.15) is 9.50 Å². The topological polar surface area (TPSA) is 60.4 Å². The quantitative estimate of drug-likeness (QED) is 0.541. The van der Waals surface area contributed by atoms with Crippen LogP contribution in [0.2, 0.25) is 0 Å². The molecule has 0 amide bonds. The second-order valence-electron chi connectivity index (χ2n) is 4.54. The molecule has 0 aliphatic heterocycles. The summed E-state index contributed by atoms with van der Waals surface area (Å²) in [5.41, 5.74) is 0.761. The van der Waals surface area contributed by atoms with Crippen LogP contribution in [0.1, 0.15) is 5.56 Å². The number of halogens is 1. The highest BCUT2D eigenvalue weighted by Gasteiger charge is 2.13. The zero-order chi connectivity index (χ0) is 15.1. The molecule has 4 rings (SSSR count). The van der Waals surface area contributed by atoms with E-state index in [1.54, 1.807) is 18.4 Å². The van der Waals surface area contributed by atoms with Crippen molar-refractivity contribution >= 4 is 38.3 Å². The summed E-state index contributed by atoms with van der Waals surface area (Å²) in [6.45, 7) is 0. The Morgan fingerprint density at radius 2 is 2.09 bits per heavy atom. The number of rotatable bonds is 2. The minimum Gasteiger partial charge on any atom is -0.461 e. The van der Waals surface area contributed by atoms with Crippen LogP contribution in [0.5, 0.6) is 0 Å². The molecule has 22 heavy (non-hydrogen) atoms. The molecule has 3 aromatic heterocycles. The number of nitrogens with zero attached hydrogens (tertiary/aromatic N) is 3. The molecule has 0 saturated heterocycles. The largest absolute Gasteiger partial charge is 0.461 e. The molecule has 4 aromatic rings. The normalized spacial score (nSPS) is 12.3. The lowest BCUT2D eigenvalue weighted by atomic mass is 10.2. The maximum absolute atomic E-state index is 12.4. The minimum atomic E-state index is -0.180. The van der Waals surface area contributed by atoms with Crippen molar-refractivity contribution in [2.75, 3.05) is 0 Å². The lowest BCUT2D eigenvalue weighted by Gasteiger charge is -1.94. The van der Waals surface area contributed by atoms with Crippen molar-refractivity contribution in [3.8, 4) is 11.6 Å². The molecular formula is C15H8BrN3O2S. The smallest absolute Gasteiger partial charge is 0.291 e. The van der Waals surface area contributed by atoms with Gasteiger partial charge in [-0.1, -0.05) is 45.5 Å². The van der Waals surface area contributed by atoms with Crippen LogP contribution in [-0.4, -0.2) is 14.6 Å². The van der Waals surface area contributed by atoms with Gasteiger partial charge in [-0.3, -0.25) is 4.79 Å². The lowest BCUT2D eigenvalue weighted by molar-refractivity contribution is 0.577. The minimum absolute atomic E-state index is 0.180. The Morgan fingerprint density at radius 1 is 1.23 bits per heavy atom. The molecule has 0 aliphatic carbocycles. The van der Waals surface area contributed by atoms with E-state index in [9.17, 15) is 4.79 Å². The van der Waals surface area contributed by atoms with Crippen molar-refractivity contribution in [3.05, 3.63) is 67.6 Å². The van der Waals surface area contributed by atoms with Crippen LogP contribution in [0.3, 0.4) is 0 Å². The highest BCUT2D eigenvalue weighted by molar-refractivity contribution is 9.10. The molecule has 0 bridgehead atoms. The summed E-state index contributed by atoms with van der Waals surface area (Å²) < 4.78 is 8.09. The Bertz CT molecular complexity index is 1070. The molecule has 0 atom stereocenters. The fourth-order valence-corrected chi connectivity index (χ4v) is 3.38. The summed E-state index contributed by atoms with van der Waals surface area (Å²) in [5.74, 6) is 0.965. The van der Waals surface area contributed by atoms with Crippen LogP contribution in [-0.2, 0) is 0 Å². The van der Waals surface area contributed by atoms with Crippen LogP contribution in [0, 0.1) is 0 Å². The summed E-state index contributed by atoms with van der Waals surface area (Å²) in [5, 5.41) is 4.22. The van der Waals surface area contributed by atoms with Gasteiger partial charge < -0.3 is 4.42 Å². The summed E-state index contributed by atoms with van der Waals surface area (Å²) in [7, 11) is 0. The van der Waals surface area contributed by atoms with Crippen LogP contribution in [0.25, 0.3) is 22.6 Å². The Hall–Kier alpha value is -2.25. The summed E-state index contributed by atoms with van der Waals surface area (Å²) in [4.78, 5) is 17.3. The Morgan fingerprint density at radius 3 is 2.82 bits per heavy atom. The fraction of sp³-hybridized carbons (Fsp3) is 0. The molecule has 0 aliphatic rings. The maximum atomic E-state index is 12.4. The van der Waals surface area contributed by atoms with E-state index in [2.05, 4.69) is 26.0 Å². The van der Waals surface area contributed by atoms with Crippen molar-refractivity contribution in [3.63, 3.8) is 0 Å². The van der Waals surface area contributed by atoms with E-state index in [4.69, 9.17) is 4.42 Å². The van der Waals surface area contributed by atoms with E-state index in [1.165, 1.54) is 15.9 Å². The zero-order valence-corrected chi connectivity index (χ0v) is 13.5. The van der Waals surface area contributed by atoms with E-state index < -0.39 is 0 Å². The number of benzene rings is 1. The third-order valence-corrected chi connectivity index (χ3v) is 4.80.